The Morgan fingerprint density at radius 3 is 2.78 bits per heavy atom. The largest absolute Gasteiger partial charge is 0.495 e. The van der Waals surface area contributed by atoms with E-state index < -0.39 is 17.8 Å². The summed E-state index contributed by atoms with van der Waals surface area (Å²) in [4.78, 5) is 24.7. The van der Waals surface area contributed by atoms with Gasteiger partial charge < -0.3 is 25.4 Å². The van der Waals surface area contributed by atoms with E-state index in [0.717, 1.165) is 6.07 Å². The molecule has 1 atom stereocenters. The molecule has 1 aliphatic rings. The summed E-state index contributed by atoms with van der Waals surface area (Å²) < 4.78 is 23.9. The van der Waals surface area contributed by atoms with E-state index in [1.54, 1.807) is 18.2 Å². The molecule has 0 radical (unpaired) electrons. The first-order valence-electron chi connectivity index (χ1n) is 8.44. The van der Waals surface area contributed by atoms with Crippen molar-refractivity contribution in [1.82, 2.24) is 5.32 Å². The second-order valence-electron chi connectivity index (χ2n) is 5.95. The molecule has 0 saturated carbocycles. The lowest BCUT2D eigenvalue weighted by atomic mass is 10.2. The Hall–Kier alpha value is -2.97. The van der Waals surface area contributed by atoms with Crippen molar-refractivity contribution in [2.45, 2.75) is 6.04 Å². The molecule has 1 fully saturated rings. The number of hydrogen-bond donors (Lipinski definition) is 3. The zero-order valence-electron chi connectivity index (χ0n) is 14.8. The number of carbonyl (C=O) groups is 2. The Kier molecular flexibility index (Phi) is 6.00. The first kappa shape index (κ1) is 18.8. The van der Waals surface area contributed by atoms with Gasteiger partial charge in [-0.2, -0.15) is 0 Å². The number of rotatable bonds is 5. The fourth-order valence-corrected chi connectivity index (χ4v) is 2.67. The van der Waals surface area contributed by atoms with Crippen molar-refractivity contribution in [2.24, 2.45) is 0 Å². The molecule has 3 N–H and O–H groups in total. The molecule has 142 valence electrons. The number of amides is 2. The highest BCUT2D eigenvalue weighted by atomic mass is 19.1. The summed E-state index contributed by atoms with van der Waals surface area (Å²) in [7, 11) is 1.47. The summed E-state index contributed by atoms with van der Waals surface area (Å²) in [5, 5.41) is 8.52. The molecule has 1 unspecified atom stereocenters. The van der Waals surface area contributed by atoms with Crippen LogP contribution in [0.25, 0.3) is 0 Å². The lowest BCUT2D eigenvalue weighted by Crippen LogP contribution is -2.48. The number of halogens is 1. The maximum atomic E-state index is 13.3. The minimum atomic E-state index is -0.502. The first-order chi connectivity index (χ1) is 13.1. The second-order valence-corrected chi connectivity index (χ2v) is 5.95. The average molecular weight is 373 g/mol. The van der Waals surface area contributed by atoms with Crippen LogP contribution in [-0.4, -0.2) is 44.7 Å². The zero-order valence-corrected chi connectivity index (χ0v) is 14.8. The summed E-state index contributed by atoms with van der Waals surface area (Å²) >= 11 is 0. The van der Waals surface area contributed by atoms with Gasteiger partial charge in [0.15, 0.2) is 0 Å². The van der Waals surface area contributed by atoms with Gasteiger partial charge in [0.05, 0.1) is 26.0 Å². The van der Waals surface area contributed by atoms with Gasteiger partial charge in [0.2, 0.25) is 5.91 Å². The molecule has 1 aliphatic heterocycles. The van der Waals surface area contributed by atoms with Crippen LogP contribution >= 0.6 is 0 Å². The van der Waals surface area contributed by atoms with Crippen molar-refractivity contribution in [3.8, 4) is 5.75 Å². The molecule has 2 aromatic rings. The van der Waals surface area contributed by atoms with Crippen LogP contribution in [0, 0.1) is 5.82 Å². The molecule has 7 nitrogen and oxygen atoms in total. The molecule has 0 aliphatic carbocycles. The predicted octanol–water partition coefficient (Wildman–Crippen LogP) is 2.01. The molecule has 8 heteroatoms. The highest BCUT2D eigenvalue weighted by Gasteiger charge is 2.21. The van der Waals surface area contributed by atoms with E-state index >= 15 is 0 Å². The van der Waals surface area contributed by atoms with Crippen LogP contribution in [0.3, 0.4) is 0 Å². The minimum absolute atomic E-state index is 0.176. The molecule has 2 amide bonds. The van der Waals surface area contributed by atoms with Crippen LogP contribution in [0.4, 0.5) is 15.8 Å². The van der Waals surface area contributed by atoms with Gasteiger partial charge in [-0.15, -0.1) is 0 Å². The third-order valence-corrected chi connectivity index (χ3v) is 4.04. The van der Waals surface area contributed by atoms with Gasteiger partial charge in [-0.3, -0.25) is 9.59 Å². The Morgan fingerprint density at radius 2 is 2.07 bits per heavy atom. The molecule has 0 spiro atoms. The van der Waals surface area contributed by atoms with Crippen molar-refractivity contribution >= 4 is 23.2 Å². The molecule has 27 heavy (non-hydrogen) atoms. The summed E-state index contributed by atoms with van der Waals surface area (Å²) in [6.45, 7) is 1.48. The third-order valence-electron chi connectivity index (χ3n) is 4.04. The van der Waals surface area contributed by atoms with Crippen LogP contribution in [0.15, 0.2) is 42.5 Å². The molecule has 3 rings (SSSR count). The summed E-state index contributed by atoms with van der Waals surface area (Å²) in [5.41, 5.74) is 1.02. The lowest BCUT2D eigenvalue weighted by molar-refractivity contribution is -0.120. The smallest absolute Gasteiger partial charge is 0.255 e. The van der Waals surface area contributed by atoms with E-state index in [1.807, 2.05) is 0 Å². The van der Waals surface area contributed by atoms with Gasteiger partial charge in [0.1, 0.15) is 17.6 Å². The van der Waals surface area contributed by atoms with Crippen LogP contribution in [0.2, 0.25) is 0 Å². The molecular formula is C19H20FN3O4. The van der Waals surface area contributed by atoms with Gasteiger partial charge >= 0.3 is 0 Å². The second kappa shape index (κ2) is 8.61. The maximum absolute atomic E-state index is 13.3. The molecular weight excluding hydrogens is 353 g/mol. The summed E-state index contributed by atoms with van der Waals surface area (Å²) in [6.07, 6.45) is 0. The molecule has 1 heterocycles. The fraction of sp³-hybridized carbons (Fsp3) is 0.263. The van der Waals surface area contributed by atoms with Gasteiger partial charge in [-0.1, -0.05) is 6.07 Å². The predicted molar refractivity (Wildman–Crippen MR) is 98.6 cm³/mol. The summed E-state index contributed by atoms with van der Waals surface area (Å²) in [5.74, 6) is -0.810. The van der Waals surface area contributed by atoms with Crippen LogP contribution in [0.1, 0.15) is 10.4 Å². The molecule has 1 saturated heterocycles. The number of carbonyl (C=O) groups excluding carboxylic acids is 2. The van der Waals surface area contributed by atoms with Crippen LogP contribution < -0.4 is 20.7 Å². The Morgan fingerprint density at radius 1 is 1.22 bits per heavy atom. The topological polar surface area (TPSA) is 88.7 Å². The maximum Gasteiger partial charge on any atom is 0.255 e. The van der Waals surface area contributed by atoms with E-state index in [-0.39, 0.29) is 11.5 Å². The van der Waals surface area contributed by atoms with E-state index in [1.165, 1.54) is 25.3 Å². The normalized spacial score (nSPS) is 16.4. The van der Waals surface area contributed by atoms with Gasteiger partial charge in [-0.25, -0.2) is 4.39 Å². The number of anilines is 2. The van der Waals surface area contributed by atoms with Gasteiger partial charge in [0.25, 0.3) is 5.91 Å². The highest BCUT2D eigenvalue weighted by Crippen LogP contribution is 2.28. The van der Waals surface area contributed by atoms with E-state index in [0.29, 0.717) is 36.9 Å². The Labute approximate surface area is 155 Å². The quantitative estimate of drug-likeness (QED) is 0.746. The van der Waals surface area contributed by atoms with Crippen LogP contribution in [-0.2, 0) is 9.53 Å². The highest BCUT2D eigenvalue weighted by molar-refractivity contribution is 6.05. The zero-order chi connectivity index (χ0) is 19.2. The fourth-order valence-electron chi connectivity index (χ4n) is 2.67. The molecule has 2 aromatic carbocycles. The standard InChI is InChI=1S/C19H20FN3O4/c1-26-17-6-5-14(22-19(25)16-11-27-8-7-21-16)10-15(17)23-18(24)12-3-2-4-13(20)9-12/h2-6,9-10,16,21H,7-8,11H2,1H3,(H,22,25)(H,23,24). The van der Waals surface area contributed by atoms with E-state index in [2.05, 4.69) is 16.0 Å². The van der Waals surface area contributed by atoms with E-state index in [9.17, 15) is 14.0 Å². The Balaban J connectivity index is 1.75. The summed E-state index contributed by atoms with van der Waals surface area (Å²) in [6, 6.07) is 9.80. The van der Waals surface area contributed by atoms with Gasteiger partial charge in [-0.05, 0) is 36.4 Å². The number of ether oxygens (including phenoxy) is 2. The number of hydrogen-bond acceptors (Lipinski definition) is 5. The van der Waals surface area contributed by atoms with Crippen molar-refractivity contribution in [1.29, 1.82) is 0 Å². The first-order valence-corrected chi connectivity index (χ1v) is 8.44. The number of morpholine rings is 1. The molecule has 0 aromatic heterocycles. The monoisotopic (exact) mass is 373 g/mol. The van der Waals surface area contributed by atoms with Crippen molar-refractivity contribution in [2.75, 3.05) is 37.5 Å². The Bertz CT molecular complexity index is 837. The minimum Gasteiger partial charge on any atom is -0.495 e. The van der Waals surface area contributed by atoms with E-state index in [4.69, 9.17) is 9.47 Å². The molecule has 0 bridgehead atoms. The van der Waals surface area contributed by atoms with Crippen molar-refractivity contribution in [3.63, 3.8) is 0 Å². The lowest BCUT2D eigenvalue weighted by Gasteiger charge is -2.23. The van der Waals surface area contributed by atoms with Gasteiger partial charge in [0, 0.05) is 17.8 Å². The number of benzene rings is 2. The average Bonchev–Trinajstić information content (AvgIpc) is 2.69. The number of methoxy groups -OCH3 is 1. The SMILES string of the molecule is COc1ccc(NC(=O)C2COCCN2)cc1NC(=O)c1cccc(F)c1. The van der Waals surface area contributed by atoms with Crippen molar-refractivity contribution < 1.29 is 23.5 Å². The van der Waals surface area contributed by atoms with Crippen LogP contribution in [0.5, 0.6) is 5.75 Å². The van der Waals surface area contributed by atoms with Crippen molar-refractivity contribution in [3.05, 3.63) is 53.8 Å². The third kappa shape index (κ3) is 4.81. The number of nitrogens with one attached hydrogen (secondary N) is 3.